The van der Waals surface area contributed by atoms with E-state index in [1.165, 1.54) is 17.0 Å². The van der Waals surface area contributed by atoms with E-state index < -0.39 is 5.97 Å². The fourth-order valence-electron chi connectivity index (χ4n) is 1.24. The average molecular weight is 210 g/mol. The lowest BCUT2D eigenvalue weighted by molar-refractivity contribution is -0.137. The number of aryl methyl sites for hydroxylation is 2. The van der Waals surface area contributed by atoms with Gasteiger partial charge in [-0.2, -0.15) is 0 Å². The Morgan fingerprint density at radius 1 is 1.53 bits per heavy atom. The summed E-state index contributed by atoms with van der Waals surface area (Å²) in [7, 11) is 0. The molecule has 0 aliphatic carbocycles. The van der Waals surface area contributed by atoms with Crippen LogP contribution in [0.5, 0.6) is 0 Å². The molecule has 82 valence electrons. The van der Waals surface area contributed by atoms with Gasteiger partial charge in [0.15, 0.2) is 0 Å². The largest absolute Gasteiger partial charge is 0.481 e. The Labute approximate surface area is 87.4 Å². The van der Waals surface area contributed by atoms with Crippen molar-refractivity contribution in [1.82, 2.24) is 9.55 Å². The molecule has 0 amide bonds. The SMILES string of the molecule is Cc1cc(=O)n(CCCCC(=O)O)cn1. The van der Waals surface area contributed by atoms with Gasteiger partial charge in [-0.1, -0.05) is 0 Å². The second kappa shape index (κ2) is 5.29. The number of hydrogen-bond acceptors (Lipinski definition) is 3. The number of carbonyl (C=O) groups is 1. The fourth-order valence-corrected chi connectivity index (χ4v) is 1.24. The molecule has 0 bridgehead atoms. The molecule has 0 unspecified atom stereocenters. The molecule has 15 heavy (non-hydrogen) atoms. The summed E-state index contributed by atoms with van der Waals surface area (Å²) in [5.74, 6) is -0.802. The summed E-state index contributed by atoms with van der Waals surface area (Å²) in [5, 5.41) is 8.42. The predicted molar refractivity (Wildman–Crippen MR) is 54.7 cm³/mol. The molecular formula is C10H14N2O3. The molecule has 1 aromatic rings. The summed E-state index contributed by atoms with van der Waals surface area (Å²) in [5.41, 5.74) is 0.611. The van der Waals surface area contributed by atoms with Crippen LogP contribution in [0.4, 0.5) is 0 Å². The molecule has 1 rings (SSSR count). The third kappa shape index (κ3) is 3.93. The van der Waals surface area contributed by atoms with Crippen LogP contribution in [0, 0.1) is 6.92 Å². The minimum atomic E-state index is -0.802. The zero-order valence-electron chi connectivity index (χ0n) is 8.64. The van der Waals surface area contributed by atoms with Crippen molar-refractivity contribution in [2.75, 3.05) is 0 Å². The van der Waals surface area contributed by atoms with Gasteiger partial charge < -0.3 is 5.11 Å². The van der Waals surface area contributed by atoms with Crippen molar-refractivity contribution in [2.45, 2.75) is 32.7 Å². The number of carboxylic acids is 1. The molecule has 1 heterocycles. The second-order valence-electron chi connectivity index (χ2n) is 3.41. The van der Waals surface area contributed by atoms with E-state index >= 15 is 0 Å². The number of carboxylic acid groups (broad SMARTS) is 1. The van der Waals surface area contributed by atoms with Gasteiger partial charge in [-0.15, -0.1) is 0 Å². The van der Waals surface area contributed by atoms with Crippen LogP contribution in [-0.4, -0.2) is 20.6 Å². The van der Waals surface area contributed by atoms with Crippen molar-refractivity contribution >= 4 is 5.97 Å². The Morgan fingerprint density at radius 3 is 2.87 bits per heavy atom. The van der Waals surface area contributed by atoms with Gasteiger partial charge in [0.25, 0.3) is 5.56 Å². The van der Waals surface area contributed by atoms with E-state index in [2.05, 4.69) is 4.98 Å². The first kappa shape index (κ1) is 11.4. The van der Waals surface area contributed by atoms with Crippen LogP contribution in [0.25, 0.3) is 0 Å². The van der Waals surface area contributed by atoms with E-state index in [9.17, 15) is 9.59 Å². The van der Waals surface area contributed by atoms with E-state index in [1.807, 2.05) is 0 Å². The molecule has 0 spiro atoms. The van der Waals surface area contributed by atoms with Crippen molar-refractivity contribution < 1.29 is 9.90 Å². The molecule has 0 atom stereocenters. The normalized spacial score (nSPS) is 10.2. The van der Waals surface area contributed by atoms with Crippen LogP contribution in [0.3, 0.4) is 0 Å². The van der Waals surface area contributed by atoms with Gasteiger partial charge >= 0.3 is 5.97 Å². The maximum absolute atomic E-state index is 11.4. The third-order valence-electron chi connectivity index (χ3n) is 2.06. The number of nitrogens with zero attached hydrogens (tertiary/aromatic N) is 2. The lowest BCUT2D eigenvalue weighted by Crippen LogP contribution is -2.20. The third-order valence-corrected chi connectivity index (χ3v) is 2.06. The van der Waals surface area contributed by atoms with Crippen LogP contribution in [-0.2, 0) is 11.3 Å². The van der Waals surface area contributed by atoms with E-state index in [0.29, 0.717) is 25.1 Å². The van der Waals surface area contributed by atoms with Crippen molar-refractivity contribution in [2.24, 2.45) is 0 Å². The Balaban J connectivity index is 2.44. The van der Waals surface area contributed by atoms with Gasteiger partial charge in [0.05, 0.1) is 6.33 Å². The number of hydrogen-bond donors (Lipinski definition) is 1. The van der Waals surface area contributed by atoms with Crippen LogP contribution in [0.15, 0.2) is 17.2 Å². The van der Waals surface area contributed by atoms with Crippen molar-refractivity contribution in [3.63, 3.8) is 0 Å². The number of unbranched alkanes of at least 4 members (excludes halogenated alkanes) is 1. The Morgan fingerprint density at radius 2 is 2.27 bits per heavy atom. The first-order valence-corrected chi connectivity index (χ1v) is 4.84. The summed E-state index contributed by atoms with van der Waals surface area (Å²) >= 11 is 0. The molecule has 5 nitrogen and oxygen atoms in total. The molecule has 0 aliphatic heterocycles. The van der Waals surface area contributed by atoms with Gasteiger partial charge in [-0.3, -0.25) is 14.2 Å². The van der Waals surface area contributed by atoms with Gasteiger partial charge in [0.2, 0.25) is 0 Å². The standard InChI is InChI=1S/C10H14N2O3/c1-8-6-9(13)12(7-11-8)5-3-2-4-10(14)15/h6-7H,2-5H2,1H3,(H,14,15). The lowest BCUT2D eigenvalue weighted by Gasteiger charge is -2.03. The summed E-state index contributed by atoms with van der Waals surface area (Å²) in [6.45, 7) is 2.29. The molecule has 0 aliphatic rings. The highest BCUT2D eigenvalue weighted by Crippen LogP contribution is 1.97. The molecule has 1 aromatic heterocycles. The van der Waals surface area contributed by atoms with Crippen molar-refractivity contribution in [1.29, 1.82) is 0 Å². The maximum Gasteiger partial charge on any atom is 0.303 e. The van der Waals surface area contributed by atoms with Gasteiger partial charge in [0, 0.05) is 24.7 Å². The molecule has 1 N–H and O–H groups in total. The zero-order valence-corrected chi connectivity index (χ0v) is 8.64. The molecule has 0 saturated carbocycles. The highest BCUT2D eigenvalue weighted by molar-refractivity contribution is 5.66. The second-order valence-corrected chi connectivity index (χ2v) is 3.41. The quantitative estimate of drug-likeness (QED) is 0.730. The highest BCUT2D eigenvalue weighted by Gasteiger charge is 1.99. The Hall–Kier alpha value is -1.65. The zero-order chi connectivity index (χ0) is 11.3. The molecule has 5 heteroatoms. The summed E-state index contributed by atoms with van der Waals surface area (Å²) in [4.78, 5) is 25.6. The Kier molecular flexibility index (Phi) is 4.03. The first-order valence-electron chi connectivity index (χ1n) is 4.84. The van der Waals surface area contributed by atoms with E-state index in [1.54, 1.807) is 6.92 Å². The van der Waals surface area contributed by atoms with Gasteiger partial charge in [0.1, 0.15) is 0 Å². The molecule has 0 radical (unpaired) electrons. The van der Waals surface area contributed by atoms with Crippen LogP contribution in [0.2, 0.25) is 0 Å². The van der Waals surface area contributed by atoms with Gasteiger partial charge in [-0.25, -0.2) is 4.98 Å². The van der Waals surface area contributed by atoms with E-state index in [0.717, 1.165) is 0 Å². The summed E-state index contributed by atoms with van der Waals surface area (Å²) < 4.78 is 1.49. The monoisotopic (exact) mass is 210 g/mol. The maximum atomic E-state index is 11.4. The van der Waals surface area contributed by atoms with Crippen LogP contribution >= 0.6 is 0 Å². The number of rotatable bonds is 5. The molecule has 0 saturated heterocycles. The van der Waals surface area contributed by atoms with Crippen LogP contribution < -0.4 is 5.56 Å². The highest BCUT2D eigenvalue weighted by atomic mass is 16.4. The van der Waals surface area contributed by atoms with E-state index in [4.69, 9.17) is 5.11 Å². The topological polar surface area (TPSA) is 72.2 Å². The minimum absolute atomic E-state index is 0.0853. The van der Waals surface area contributed by atoms with Gasteiger partial charge in [-0.05, 0) is 19.8 Å². The first-order chi connectivity index (χ1) is 7.09. The summed E-state index contributed by atoms with van der Waals surface area (Å²) in [6.07, 6.45) is 2.90. The number of aromatic nitrogens is 2. The summed E-state index contributed by atoms with van der Waals surface area (Å²) in [6, 6.07) is 1.47. The predicted octanol–water partition coefficient (Wildman–Crippen LogP) is 0.807. The smallest absolute Gasteiger partial charge is 0.303 e. The molecule has 0 fully saturated rings. The average Bonchev–Trinajstić information content (AvgIpc) is 2.14. The van der Waals surface area contributed by atoms with Crippen LogP contribution in [0.1, 0.15) is 25.0 Å². The Bertz CT molecular complexity index is 398. The molecular weight excluding hydrogens is 196 g/mol. The van der Waals surface area contributed by atoms with Crippen molar-refractivity contribution in [3.05, 3.63) is 28.4 Å². The van der Waals surface area contributed by atoms with E-state index in [-0.39, 0.29) is 12.0 Å². The number of aliphatic carboxylic acids is 1. The molecule has 0 aromatic carbocycles. The lowest BCUT2D eigenvalue weighted by atomic mass is 10.2. The fraction of sp³-hybridized carbons (Fsp3) is 0.500. The van der Waals surface area contributed by atoms with Crippen molar-refractivity contribution in [3.8, 4) is 0 Å². The minimum Gasteiger partial charge on any atom is -0.481 e.